The lowest BCUT2D eigenvalue weighted by molar-refractivity contribution is 0.0729. The van der Waals surface area contributed by atoms with Gasteiger partial charge in [0.2, 0.25) is 0 Å². The van der Waals surface area contributed by atoms with Crippen LogP contribution >= 0.6 is 0 Å². The number of amides is 2. The lowest BCUT2D eigenvalue weighted by atomic mass is 10.0. The molecule has 1 fully saturated rings. The minimum atomic E-state index is -0.182. The summed E-state index contributed by atoms with van der Waals surface area (Å²) in [6, 6.07) is 8.00. The number of urea groups is 1. The number of imidazole rings is 1. The third kappa shape index (κ3) is 4.26. The van der Waals surface area contributed by atoms with Crippen LogP contribution in [-0.4, -0.2) is 56.5 Å². The maximum absolute atomic E-state index is 12.8. The number of aliphatic imine (C=N–C) groups is 1. The Balaban J connectivity index is 1.29. The standard InChI is InChI=1S/C24H28N6O2/c31-24-28-23(26-10-9-18-16-27-20-7-2-1-6-19(18)20)22(21-8-3-4-15-32-21)30(24)13-5-12-29-14-11-25-17-29/h1-2,4,6-7,11,14-17,21-22,27H,3,5,8-10,12-13H2,(H,26,28,31). The number of aromatic nitrogens is 3. The first kappa shape index (κ1) is 20.4. The van der Waals surface area contributed by atoms with E-state index in [0.717, 1.165) is 43.6 Å². The van der Waals surface area contributed by atoms with E-state index in [0.29, 0.717) is 13.1 Å². The fourth-order valence-electron chi connectivity index (χ4n) is 4.54. The smallest absolute Gasteiger partial charge is 0.323 e. The summed E-state index contributed by atoms with van der Waals surface area (Å²) in [7, 11) is 0. The molecule has 3 aromatic rings. The number of carbonyl (C=O) groups is 1. The van der Waals surface area contributed by atoms with Crippen LogP contribution in [0, 0.1) is 0 Å². The molecule has 1 aromatic carbocycles. The Labute approximate surface area is 187 Å². The number of amidine groups is 1. The zero-order valence-electron chi connectivity index (χ0n) is 18.0. The minimum Gasteiger partial charge on any atom is -0.496 e. The molecule has 0 radical (unpaired) electrons. The highest BCUT2D eigenvalue weighted by molar-refractivity contribution is 6.07. The van der Waals surface area contributed by atoms with Crippen LogP contribution in [0.3, 0.4) is 0 Å². The first-order valence-corrected chi connectivity index (χ1v) is 11.2. The molecule has 2 aromatic heterocycles. The van der Waals surface area contributed by atoms with Crippen LogP contribution in [0.2, 0.25) is 0 Å². The number of nitrogens with zero attached hydrogens (tertiary/aromatic N) is 4. The number of aryl methyl sites for hydroxylation is 1. The largest absolute Gasteiger partial charge is 0.496 e. The molecule has 0 bridgehead atoms. The minimum absolute atomic E-state index is 0.0842. The molecule has 0 saturated carbocycles. The Kier molecular flexibility index (Phi) is 5.91. The molecule has 8 nitrogen and oxygen atoms in total. The van der Waals surface area contributed by atoms with E-state index in [4.69, 9.17) is 9.73 Å². The summed E-state index contributed by atoms with van der Waals surface area (Å²) in [5.41, 5.74) is 2.37. The summed E-state index contributed by atoms with van der Waals surface area (Å²) >= 11 is 0. The number of carbonyl (C=O) groups excluding carboxylic acids is 1. The van der Waals surface area contributed by atoms with Crippen LogP contribution in [0.1, 0.15) is 24.8 Å². The van der Waals surface area contributed by atoms with Gasteiger partial charge in [-0.25, -0.2) is 9.78 Å². The van der Waals surface area contributed by atoms with E-state index >= 15 is 0 Å². The normalized spacial score (nSPS) is 21.9. The van der Waals surface area contributed by atoms with Gasteiger partial charge in [-0.3, -0.25) is 10.3 Å². The zero-order valence-corrected chi connectivity index (χ0v) is 18.0. The van der Waals surface area contributed by atoms with Gasteiger partial charge in [-0.15, -0.1) is 0 Å². The Bertz CT molecular complexity index is 1120. The Morgan fingerprint density at radius 3 is 3.03 bits per heavy atom. The summed E-state index contributed by atoms with van der Waals surface area (Å²) in [5, 5.41) is 4.24. The summed E-state index contributed by atoms with van der Waals surface area (Å²) in [5.74, 6) is 0.720. The summed E-state index contributed by atoms with van der Waals surface area (Å²) in [6.07, 6.45) is 14.7. The van der Waals surface area contributed by atoms with E-state index in [1.165, 1.54) is 10.9 Å². The van der Waals surface area contributed by atoms with Crippen LogP contribution in [0.5, 0.6) is 0 Å². The zero-order chi connectivity index (χ0) is 21.8. The highest BCUT2D eigenvalue weighted by atomic mass is 16.5. The van der Waals surface area contributed by atoms with Crippen LogP contribution in [0.4, 0.5) is 4.79 Å². The monoisotopic (exact) mass is 432 g/mol. The van der Waals surface area contributed by atoms with Crippen LogP contribution < -0.4 is 5.32 Å². The van der Waals surface area contributed by atoms with Crippen LogP contribution in [0.25, 0.3) is 10.9 Å². The third-order valence-corrected chi connectivity index (χ3v) is 6.14. The molecule has 2 atom stereocenters. The molecule has 5 rings (SSSR count). The number of aromatic amines is 1. The quantitative estimate of drug-likeness (QED) is 0.571. The van der Waals surface area contributed by atoms with Crippen molar-refractivity contribution in [2.24, 2.45) is 4.99 Å². The van der Waals surface area contributed by atoms with Gasteiger partial charge in [0.25, 0.3) is 0 Å². The molecular formula is C24H28N6O2. The molecule has 8 heteroatoms. The second kappa shape index (κ2) is 9.30. The predicted molar refractivity (Wildman–Crippen MR) is 123 cm³/mol. The van der Waals surface area contributed by atoms with Crippen molar-refractivity contribution in [2.45, 2.75) is 44.4 Å². The number of fused-ring (bicyclic) bond motifs is 1. The van der Waals surface area contributed by atoms with Crippen molar-refractivity contribution >= 4 is 22.8 Å². The van der Waals surface area contributed by atoms with Gasteiger partial charge < -0.3 is 19.2 Å². The van der Waals surface area contributed by atoms with E-state index in [-0.39, 0.29) is 18.2 Å². The summed E-state index contributed by atoms with van der Waals surface area (Å²) in [4.78, 5) is 26.9. The van der Waals surface area contributed by atoms with Crippen LogP contribution in [-0.2, 0) is 17.7 Å². The number of hydrogen-bond donors (Lipinski definition) is 2. The van der Waals surface area contributed by atoms with Crippen molar-refractivity contribution in [1.29, 1.82) is 0 Å². The fourth-order valence-corrected chi connectivity index (χ4v) is 4.54. The number of allylic oxidation sites excluding steroid dienone is 1. The van der Waals surface area contributed by atoms with Crippen molar-refractivity contribution in [2.75, 3.05) is 13.1 Å². The highest BCUT2D eigenvalue weighted by Crippen LogP contribution is 2.24. The average Bonchev–Trinajstić information content (AvgIpc) is 3.55. The molecule has 0 aliphatic carbocycles. The van der Waals surface area contributed by atoms with Gasteiger partial charge in [0.05, 0.1) is 12.6 Å². The molecule has 1 saturated heterocycles. The number of ether oxygens (including phenoxy) is 1. The van der Waals surface area contributed by atoms with Crippen molar-refractivity contribution in [3.8, 4) is 0 Å². The van der Waals surface area contributed by atoms with E-state index in [2.05, 4.69) is 27.4 Å². The van der Waals surface area contributed by atoms with Gasteiger partial charge in [-0.1, -0.05) is 18.2 Å². The topological polar surface area (TPSA) is 87.5 Å². The second-order valence-electron chi connectivity index (χ2n) is 8.22. The first-order chi connectivity index (χ1) is 15.8. The summed E-state index contributed by atoms with van der Waals surface area (Å²) < 4.78 is 7.94. The van der Waals surface area contributed by atoms with Crippen molar-refractivity contribution in [3.05, 3.63) is 67.1 Å². The van der Waals surface area contributed by atoms with E-state index < -0.39 is 0 Å². The number of H-pyrrole nitrogens is 1. The Morgan fingerprint density at radius 2 is 2.19 bits per heavy atom. The molecule has 2 amide bonds. The molecule has 2 aliphatic rings. The molecule has 166 valence electrons. The SMILES string of the molecule is O=C1NC(=NCCc2c[nH]c3ccccc23)C(C2CCC=CO2)N1CCCn1ccnc1. The molecular weight excluding hydrogens is 404 g/mol. The maximum Gasteiger partial charge on any atom is 0.323 e. The van der Waals surface area contributed by atoms with Crippen molar-refractivity contribution in [1.82, 2.24) is 24.8 Å². The van der Waals surface area contributed by atoms with Gasteiger partial charge in [0.1, 0.15) is 18.0 Å². The van der Waals surface area contributed by atoms with Crippen molar-refractivity contribution in [3.63, 3.8) is 0 Å². The number of nitrogens with one attached hydrogen (secondary N) is 2. The predicted octanol–water partition coefficient (Wildman–Crippen LogP) is 3.48. The van der Waals surface area contributed by atoms with Gasteiger partial charge in [-0.2, -0.15) is 0 Å². The van der Waals surface area contributed by atoms with E-state index in [1.54, 1.807) is 18.8 Å². The first-order valence-electron chi connectivity index (χ1n) is 11.2. The van der Waals surface area contributed by atoms with E-state index in [9.17, 15) is 4.79 Å². The van der Waals surface area contributed by atoms with Gasteiger partial charge in [0, 0.05) is 49.1 Å². The lowest BCUT2D eigenvalue weighted by Crippen LogP contribution is -2.46. The maximum atomic E-state index is 12.8. The Hall–Kier alpha value is -3.55. The fraction of sp³-hybridized carbons (Fsp3) is 0.375. The number of hydrogen-bond acceptors (Lipinski definition) is 4. The van der Waals surface area contributed by atoms with E-state index in [1.807, 2.05) is 40.1 Å². The molecule has 2 N–H and O–H groups in total. The third-order valence-electron chi connectivity index (χ3n) is 6.14. The molecule has 32 heavy (non-hydrogen) atoms. The molecule has 0 spiro atoms. The lowest BCUT2D eigenvalue weighted by Gasteiger charge is -2.31. The average molecular weight is 433 g/mol. The second-order valence-corrected chi connectivity index (χ2v) is 8.22. The number of rotatable bonds is 8. The molecule has 4 heterocycles. The van der Waals surface area contributed by atoms with Crippen LogP contribution in [0.15, 0.2) is 66.5 Å². The Morgan fingerprint density at radius 1 is 1.25 bits per heavy atom. The number of para-hydroxylation sites is 1. The summed E-state index contributed by atoms with van der Waals surface area (Å²) in [6.45, 7) is 2.06. The van der Waals surface area contributed by atoms with Gasteiger partial charge >= 0.3 is 6.03 Å². The van der Waals surface area contributed by atoms with Crippen molar-refractivity contribution < 1.29 is 9.53 Å². The van der Waals surface area contributed by atoms with Gasteiger partial charge in [0.15, 0.2) is 0 Å². The highest BCUT2D eigenvalue weighted by Gasteiger charge is 2.42. The van der Waals surface area contributed by atoms with Gasteiger partial charge in [-0.05, 0) is 43.4 Å². The number of benzene rings is 1. The molecule has 2 unspecified atom stereocenters. The molecule has 2 aliphatic heterocycles.